The van der Waals surface area contributed by atoms with E-state index in [4.69, 9.17) is 0 Å². The summed E-state index contributed by atoms with van der Waals surface area (Å²) in [5.74, 6) is 0. The molecule has 1 unspecified atom stereocenters. The largest absolute Gasteiger partial charge is 0.302 e. The average Bonchev–Trinajstić information content (AvgIpc) is 2.84. The summed E-state index contributed by atoms with van der Waals surface area (Å²) in [6.45, 7) is 4.83. The van der Waals surface area contributed by atoms with Crippen molar-refractivity contribution >= 4 is 11.3 Å². The van der Waals surface area contributed by atoms with Crippen LogP contribution >= 0.6 is 11.3 Å². The van der Waals surface area contributed by atoms with Crippen molar-refractivity contribution in [3.8, 4) is 0 Å². The Balaban J connectivity index is 1.91. The van der Waals surface area contributed by atoms with E-state index in [0.29, 0.717) is 6.54 Å². The number of hydrogen-bond donors (Lipinski definition) is 1. The van der Waals surface area contributed by atoms with E-state index in [1.165, 1.54) is 0 Å². The molecule has 6 heteroatoms. The monoisotopic (exact) mass is 237 g/mol. The zero-order valence-corrected chi connectivity index (χ0v) is 10.5. The van der Waals surface area contributed by atoms with Crippen LogP contribution in [0.25, 0.3) is 0 Å². The maximum atomic E-state index is 4.44. The lowest BCUT2D eigenvalue weighted by Crippen LogP contribution is -2.18. The van der Waals surface area contributed by atoms with E-state index in [1.807, 2.05) is 20.2 Å². The maximum Gasteiger partial charge on any atom is 0.110 e. The van der Waals surface area contributed by atoms with Crippen LogP contribution in [-0.4, -0.2) is 20.0 Å². The molecule has 0 saturated heterocycles. The normalized spacial score (nSPS) is 12.9. The molecule has 16 heavy (non-hydrogen) atoms. The van der Waals surface area contributed by atoms with Crippen molar-refractivity contribution in [2.24, 2.45) is 7.05 Å². The fourth-order valence-corrected chi connectivity index (χ4v) is 2.22. The quantitative estimate of drug-likeness (QED) is 0.874. The number of aryl methyl sites for hydroxylation is 2. The summed E-state index contributed by atoms with van der Waals surface area (Å²) in [5, 5.41) is 14.5. The molecular weight excluding hydrogens is 222 g/mol. The molecule has 0 radical (unpaired) electrons. The van der Waals surface area contributed by atoms with Gasteiger partial charge in [-0.3, -0.25) is 4.68 Å². The number of aromatic nitrogens is 4. The molecular formula is C10H15N5S. The highest BCUT2D eigenvalue weighted by Gasteiger charge is 2.09. The first-order chi connectivity index (χ1) is 7.65. The first-order valence-corrected chi connectivity index (χ1v) is 6.03. The van der Waals surface area contributed by atoms with Crippen molar-refractivity contribution in [3.05, 3.63) is 28.0 Å². The molecule has 1 atom stereocenters. The molecule has 2 heterocycles. The van der Waals surface area contributed by atoms with Gasteiger partial charge in [-0.25, -0.2) is 4.98 Å². The minimum atomic E-state index is 0.251. The molecule has 0 saturated carbocycles. The highest BCUT2D eigenvalue weighted by molar-refractivity contribution is 7.09. The summed E-state index contributed by atoms with van der Waals surface area (Å²) >= 11 is 1.68. The van der Waals surface area contributed by atoms with Gasteiger partial charge in [-0.1, -0.05) is 5.21 Å². The van der Waals surface area contributed by atoms with Gasteiger partial charge in [0.2, 0.25) is 0 Å². The molecule has 0 aliphatic heterocycles. The number of nitrogens with one attached hydrogen (secondary N) is 1. The standard InChI is InChI=1S/C10H15N5S/c1-7-6-16-10(12-7)8(2)11-4-9-5-15(3)14-13-9/h5-6,8,11H,4H2,1-3H3. The van der Waals surface area contributed by atoms with Gasteiger partial charge in [0.1, 0.15) is 5.01 Å². The van der Waals surface area contributed by atoms with Gasteiger partial charge in [0.25, 0.3) is 0 Å². The van der Waals surface area contributed by atoms with Crippen molar-refractivity contribution < 1.29 is 0 Å². The van der Waals surface area contributed by atoms with Gasteiger partial charge in [0.05, 0.1) is 11.7 Å². The Kier molecular flexibility index (Phi) is 3.31. The Bertz CT molecular complexity index is 461. The van der Waals surface area contributed by atoms with Crippen LogP contribution in [0.15, 0.2) is 11.6 Å². The molecule has 0 aromatic carbocycles. The van der Waals surface area contributed by atoms with Gasteiger partial charge in [0.15, 0.2) is 0 Å². The molecule has 0 fully saturated rings. The van der Waals surface area contributed by atoms with E-state index >= 15 is 0 Å². The number of hydrogen-bond acceptors (Lipinski definition) is 5. The Labute approximate surface area is 98.5 Å². The van der Waals surface area contributed by atoms with Crippen LogP contribution in [0.5, 0.6) is 0 Å². The number of nitrogens with zero attached hydrogens (tertiary/aromatic N) is 4. The topological polar surface area (TPSA) is 55.6 Å². The average molecular weight is 237 g/mol. The molecule has 0 spiro atoms. The molecule has 0 aliphatic carbocycles. The predicted octanol–water partition coefficient (Wildman–Crippen LogP) is 1.43. The molecule has 0 aliphatic rings. The van der Waals surface area contributed by atoms with Gasteiger partial charge in [-0.2, -0.15) is 0 Å². The van der Waals surface area contributed by atoms with Crippen LogP contribution < -0.4 is 5.32 Å². The van der Waals surface area contributed by atoms with Crippen LogP contribution in [0.4, 0.5) is 0 Å². The smallest absolute Gasteiger partial charge is 0.110 e. The van der Waals surface area contributed by atoms with Crippen molar-refractivity contribution in [2.45, 2.75) is 26.4 Å². The van der Waals surface area contributed by atoms with Crippen molar-refractivity contribution in [1.29, 1.82) is 0 Å². The maximum absolute atomic E-state index is 4.44. The summed E-state index contributed by atoms with van der Waals surface area (Å²) in [7, 11) is 1.87. The van der Waals surface area contributed by atoms with Crippen LogP contribution in [0, 0.1) is 6.92 Å². The minimum absolute atomic E-state index is 0.251. The Morgan fingerprint density at radius 2 is 2.38 bits per heavy atom. The Hall–Kier alpha value is -1.27. The van der Waals surface area contributed by atoms with Crippen molar-refractivity contribution in [3.63, 3.8) is 0 Å². The first-order valence-electron chi connectivity index (χ1n) is 5.16. The van der Waals surface area contributed by atoms with E-state index in [-0.39, 0.29) is 6.04 Å². The summed E-state index contributed by atoms with van der Waals surface area (Å²) in [5.41, 5.74) is 2.02. The first kappa shape index (κ1) is 11.2. The van der Waals surface area contributed by atoms with Gasteiger partial charge in [-0.05, 0) is 13.8 Å². The summed E-state index contributed by atoms with van der Waals surface area (Å²) < 4.78 is 1.70. The van der Waals surface area contributed by atoms with Crippen molar-refractivity contribution in [1.82, 2.24) is 25.3 Å². The molecule has 0 bridgehead atoms. The van der Waals surface area contributed by atoms with Crippen LogP contribution in [0.1, 0.15) is 29.4 Å². The second kappa shape index (κ2) is 4.71. The molecule has 86 valence electrons. The van der Waals surface area contributed by atoms with Crippen molar-refractivity contribution in [2.75, 3.05) is 0 Å². The third-order valence-corrected chi connectivity index (χ3v) is 3.39. The summed E-state index contributed by atoms with van der Waals surface area (Å²) in [4.78, 5) is 4.44. The number of thiazole rings is 1. The van der Waals surface area contributed by atoms with E-state index in [0.717, 1.165) is 16.4 Å². The highest BCUT2D eigenvalue weighted by atomic mass is 32.1. The van der Waals surface area contributed by atoms with E-state index < -0.39 is 0 Å². The fraction of sp³-hybridized carbons (Fsp3) is 0.500. The zero-order valence-electron chi connectivity index (χ0n) is 9.64. The second-order valence-electron chi connectivity index (χ2n) is 3.81. The fourth-order valence-electron chi connectivity index (χ4n) is 1.39. The van der Waals surface area contributed by atoms with E-state index in [1.54, 1.807) is 16.0 Å². The van der Waals surface area contributed by atoms with Gasteiger partial charge in [0, 0.05) is 30.9 Å². The second-order valence-corrected chi connectivity index (χ2v) is 4.70. The molecule has 2 aromatic rings. The van der Waals surface area contributed by atoms with E-state index in [9.17, 15) is 0 Å². The number of rotatable bonds is 4. The third-order valence-electron chi connectivity index (χ3n) is 2.25. The third kappa shape index (κ3) is 2.65. The lowest BCUT2D eigenvalue weighted by Gasteiger charge is -2.08. The highest BCUT2D eigenvalue weighted by Crippen LogP contribution is 2.17. The lowest BCUT2D eigenvalue weighted by atomic mass is 10.3. The predicted molar refractivity (Wildman–Crippen MR) is 63.1 cm³/mol. The minimum Gasteiger partial charge on any atom is -0.302 e. The van der Waals surface area contributed by atoms with Gasteiger partial charge >= 0.3 is 0 Å². The van der Waals surface area contributed by atoms with Crippen LogP contribution in [0.3, 0.4) is 0 Å². The SMILES string of the molecule is Cc1csc(C(C)NCc2cn(C)nn2)n1. The Morgan fingerprint density at radius 3 is 2.94 bits per heavy atom. The summed E-state index contributed by atoms with van der Waals surface area (Å²) in [6, 6.07) is 0.251. The van der Waals surface area contributed by atoms with Crippen LogP contribution in [-0.2, 0) is 13.6 Å². The lowest BCUT2D eigenvalue weighted by molar-refractivity contribution is 0.563. The van der Waals surface area contributed by atoms with Gasteiger partial charge in [-0.15, -0.1) is 16.4 Å². The molecule has 2 aromatic heterocycles. The zero-order chi connectivity index (χ0) is 11.5. The molecule has 5 nitrogen and oxygen atoms in total. The molecule has 0 amide bonds. The molecule has 1 N–H and O–H groups in total. The van der Waals surface area contributed by atoms with E-state index in [2.05, 4.69) is 32.9 Å². The van der Waals surface area contributed by atoms with Crippen LogP contribution in [0.2, 0.25) is 0 Å². The molecule has 2 rings (SSSR count). The summed E-state index contributed by atoms with van der Waals surface area (Å²) in [6.07, 6.45) is 1.91. The van der Waals surface area contributed by atoms with Gasteiger partial charge < -0.3 is 5.32 Å². The Morgan fingerprint density at radius 1 is 1.56 bits per heavy atom.